The van der Waals surface area contributed by atoms with E-state index < -0.39 is 0 Å². The molecule has 0 amide bonds. The molecular formula is C24H22N2O3S. The third kappa shape index (κ3) is 4.00. The molecule has 0 saturated carbocycles. The molecule has 4 aromatic rings. The highest BCUT2D eigenvalue weighted by Crippen LogP contribution is 2.38. The van der Waals surface area contributed by atoms with E-state index in [4.69, 9.17) is 4.74 Å². The van der Waals surface area contributed by atoms with Gasteiger partial charge in [0.1, 0.15) is 11.3 Å². The molecule has 5 nitrogen and oxygen atoms in total. The van der Waals surface area contributed by atoms with Gasteiger partial charge in [0.2, 0.25) is 0 Å². The monoisotopic (exact) mass is 418 g/mol. The van der Waals surface area contributed by atoms with Crippen LogP contribution in [0.3, 0.4) is 0 Å². The van der Waals surface area contributed by atoms with Crippen molar-refractivity contribution in [1.82, 2.24) is 4.98 Å². The van der Waals surface area contributed by atoms with Crippen LogP contribution in [0.5, 0.6) is 5.75 Å². The van der Waals surface area contributed by atoms with E-state index in [1.807, 2.05) is 60.8 Å². The van der Waals surface area contributed by atoms with E-state index in [0.717, 1.165) is 27.2 Å². The van der Waals surface area contributed by atoms with Crippen LogP contribution in [0.1, 0.15) is 39.5 Å². The van der Waals surface area contributed by atoms with Gasteiger partial charge < -0.3 is 15.2 Å². The summed E-state index contributed by atoms with van der Waals surface area (Å²) in [6, 6.07) is 18.7. The molecular weight excluding hydrogens is 396 g/mol. The molecule has 30 heavy (non-hydrogen) atoms. The van der Waals surface area contributed by atoms with Crippen LogP contribution in [0, 0.1) is 6.92 Å². The third-order valence-corrected chi connectivity index (χ3v) is 5.77. The summed E-state index contributed by atoms with van der Waals surface area (Å²) >= 11 is 1.60. The molecule has 2 N–H and O–H groups in total. The lowest BCUT2D eigenvalue weighted by atomic mass is 10.0. The topological polar surface area (TPSA) is 71.5 Å². The van der Waals surface area contributed by atoms with Gasteiger partial charge in [0.15, 0.2) is 0 Å². The maximum absolute atomic E-state index is 12.1. The fraction of sp³-hybridized carbons (Fsp3) is 0.167. The summed E-state index contributed by atoms with van der Waals surface area (Å²) in [6.45, 7) is 4.01. The van der Waals surface area contributed by atoms with Crippen LogP contribution in [0.2, 0.25) is 0 Å². The molecule has 0 aliphatic rings. The maximum Gasteiger partial charge on any atom is 0.338 e. The minimum atomic E-state index is -0.359. The summed E-state index contributed by atoms with van der Waals surface area (Å²) in [6.07, 6.45) is 0. The number of nitrogens with one attached hydrogen (secondary N) is 1. The van der Waals surface area contributed by atoms with Crippen LogP contribution in [0.4, 0.5) is 5.69 Å². The number of phenolic OH excluding ortho intramolecular Hbond substituents is 1. The molecule has 6 heteroatoms. The van der Waals surface area contributed by atoms with Crippen molar-refractivity contribution in [2.24, 2.45) is 0 Å². The van der Waals surface area contributed by atoms with Crippen molar-refractivity contribution in [1.29, 1.82) is 0 Å². The van der Waals surface area contributed by atoms with E-state index in [1.165, 1.54) is 0 Å². The van der Waals surface area contributed by atoms with Crippen molar-refractivity contribution >= 4 is 33.9 Å². The number of nitrogens with zero attached hydrogens (tertiary/aromatic N) is 1. The fourth-order valence-electron chi connectivity index (χ4n) is 3.39. The molecule has 4 rings (SSSR count). The van der Waals surface area contributed by atoms with E-state index in [-0.39, 0.29) is 17.8 Å². The quantitative estimate of drug-likeness (QED) is 0.394. The zero-order chi connectivity index (χ0) is 21.1. The zero-order valence-corrected chi connectivity index (χ0v) is 17.6. The number of carbonyl (C=O) groups is 1. The van der Waals surface area contributed by atoms with Gasteiger partial charge in [0.05, 0.1) is 18.2 Å². The summed E-state index contributed by atoms with van der Waals surface area (Å²) in [5.41, 5.74) is 3.39. The van der Waals surface area contributed by atoms with E-state index >= 15 is 0 Å². The van der Waals surface area contributed by atoms with Crippen molar-refractivity contribution in [3.05, 3.63) is 87.7 Å². The average molecular weight is 419 g/mol. The minimum absolute atomic E-state index is 0.156. The Balaban J connectivity index is 1.76. The largest absolute Gasteiger partial charge is 0.505 e. The lowest BCUT2D eigenvalue weighted by Gasteiger charge is -2.21. The molecule has 1 atom stereocenters. The Bertz CT molecular complexity index is 1190. The van der Waals surface area contributed by atoms with Crippen molar-refractivity contribution in [2.45, 2.75) is 19.9 Å². The van der Waals surface area contributed by atoms with Gasteiger partial charge in [0.25, 0.3) is 0 Å². The number of benzene rings is 2. The van der Waals surface area contributed by atoms with Gasteiger partial charge in [0, 0.05) is 27.2 Å². The molecule has 0 radical (unpaired) electrons. The first kappa shape index (κ1) is 19.9. The zero-order valence-electron chi connectivity index (χ0n) is 16.8. The number of anilines is 1. The van der Waals surface area contributed by atoms with E-state index in [0.29, 0.717) is 17.7 Å². The second-order valence-corrected chi connectivity index (χ2v) is 7.90. The molecule has 0 aliphatic carbocycles. The molecule has 2 heterocycles. The predicted molar refractivity (Wildman–Crippen MR) is 120 cm³/mol. The lowest BCUT2D eigenvalue weighted by Crippen LogP contribution is -2.12. The molecule has 2 aromatic heterocycles. The number of esters is 1. The molecule has 0 aliphatic heterocycles. The fourth-order valence-corrected chi connectivity index (χ4v) is 4.19. The molecule has 152 valence electrons. The van der Waals surface area contributed by atoms with Gasteiger partial charge in [-0.1, -0.05) is 30.3 Å². The highest BCUT2D eigenvalue weighted by atomic mass is 32.1. The number of aromatic hydroxyl groups is 1. The first-order valence-corrected chi connectivity index (χ1v) is 10.6. The normalized spacial score (nSPS) is 11.9. The Hall–Kier alpha value is -3.38. The Labute approximate surface area is 179 Å². The minimum Gasteiger partial charge on any atom is -0.505 e. The summed E-state index contributed by atoms with van der Waals surface area (Å²) in [7, 11) is 0. The van der Waals surface area contributed by atoms with E-state index in [1.54, 1.807) is 30.4 Å². The van der Waals surface area contributed by atoms with Crippen LogP contribution < -0.4 is 5.32 Å². The molecule has 0 fully saturated rings. The van der Waals surface area contributed by atoms with Crippen molar-refractivity contribution in [2.75, 3.05) is 11.9 Å². The van der Waals surface area contributed by atoms with Crippen LogP contribution in [0.15, 0.2) is 66.0 Å². The van der Waals surface area contributed by atoms with Gasteiger partial charge in [-0.25, -0.2) is 9.78 Å². The predicted octanol–water partition coefficient (Wildman–Crippen LogP) is 5.69. The Kier molecular flexibility index (Phi) is 5.68. The van der Waals surface area contributed by atoms with Gasteiger partial charge >= 0.3 is 5.97 Å². The van der Waals surface area contributed by atoms with Crippen molar-refractivity contribution in [3.63, 3.8) is 0 Å². The number of phenols is 1. The SMILES string of the molecule is CCOC(=O)c1cccc(NC(c2cccs2)c2ccc3ccc(C)nc3c2O)c1. The Morgan fingerprint density at radius 1 is 1.17 bits per heavy atom. The second-order valence-electron chi connectivity index (χ2n) is 6.92. The number of carbonyl (C=O) groups excluding carboxylic acids is 1. The molecule has 2 aromatic carbocycles. The van der Waals surface area contributed by atoms with Crippen LogP contribution in [0.25, 0.3) is 10.9 Å². The lowest BCUT2D eigenvalue weighted by molar-refractivity contribution is 0.0526. The average Bonchev–Trinajstić information content (AvgIpc) is 3.28. The van der Waals surface area contributed by atoms with Gasteiger partial charge in [-0.05, 0) is 49.6 Å². The molecule has 0 saturated heterocycles. The summed E-state index contributed by atoms with van der Waals surface area (Å²) in [5, 5.41) is 17.4. The number of aromatic nitrogens is 1. The third-order valence-electron chi connectivity index (χ3n) is 4.83. The van der Waals surface area contributed by atoms with Crippen molar-refractivity contribution < 1.29 is 14.6 Å². The number of hydrogen-bond donors (Lipinski definition) is 2. The number of thiophene rings is 1. The van der Waals surface area contributed by atoms with Crippen molar-refractivity contribution in [3.8, 4) is 5.75 Å². The summed E-state index contributed by atoms with van der Waals surface area (Å²) in [4.78, 5) is 17.7. The smallest absolute Gasteiger partial charge is 0.338 e. The standard InChI is InChI=1S/C24H22N2O3S/c1-3-29-24(28)17-6-4-7-18(14-17)26-22(20-8-5-13-30-20)19-12-11-16-10-9-15(2)25-21(16)23(19)27/h4-14,22,26-27H,3H2,1-2H3. The number of hydrogen-bond acceptors (Lipinski definition) is 6. The molecule has 0 spiro atoms. The second kappa shape index (κ2) is 8.55. The van der Waals surface area contributed by atoms with E-state index in [2.05, 4.69) is 10.3 Å². The number of rotatable bonds is 6. The van der Waals surface area contributed by atoms with Gasteiger partial charge in [-0.3, -0.25) is 0 Å². The highest BCUT2D eigenvalue weighted by molar-refractivity contribution is 7.10. The first-order valence-electron chi connectivity index (χ1n) is 9.73. The number of fused-ring (bicyclic) bond motifs is 1. The van der Waals surface area contributed by atoms with Crippen LogP contribution in [-0.4, -0.2) is 22.7 Å². The Morgan fingerprint density at radius 3 is 2.77 bits per heavy atom. The van der Waals surface area contributed by atoms with Gasteiger partial charge in [-0.15, -0.1) is 11.3 Å². The number of pyridine rings is 1. The number of ether oxygens (including phenoxy) is 1. The highest BCUT2D eigenvalue weighted by Gasteiger charge is 2.21. The summed E-state index contributed by atoms with van der Waals surface area (Å²) in [5.74, 6) is -0.203. The maximum atomic E-state index is 12.1. The van der Waals surface area contributed by atoms with E-state index in [9.17, 15) is 9.90 Å². The molecule has 0 bridgehead atoms. The van der Waals surface area contributed by atoms with Crippen LogP contribution >= 0.6 is 11.3 Å². The summed E-state index contributed by atoms with van der Waals surface area (Å²) < 4.78 is 5.11. The first-order chi connectivity index (χ1) is 14.6. The van der Waals surface area contributed by atoms with Crippen LogP contribution in [-0.2, 0) is 4.74 Å². The van der Waals surface area contributed by atoms with Gasteiger partial charge in [-0.2, -0.15) is 0 Å². The molecule has 1 unspecified atom stereocenters. The Morgan fingerprint density at radius 2 is 2.00 bits per heavy atom. The number of aryl methyl sites for hydroxylation is 1.